The summed E-state index contributed by atoms with van der Waals surface area (Å²) in [5, 5.41) is 2.79. The van der Waals surface area contributed by atoms with Crippen molar-refractivity contribution in [1.29, 1.82) is 0 Å². The molecule has 0 unspecified atom stereocenters. The summed E-state index contributed by atoms with van der Waals surface area (Å²) in [6.07, 6.45) is 4.06. The van der Waals surface area contributed by atoms with Crippen LogP contribution in [-0.2, 0) is 6.42 Å². The van der Waals surface area contributed by atoms with Crippen LogP contribution < -0.4 is 0 Å². The van der Waals surface area contributed by atoms with E-state index in [1.54, 1.807) is 0 Å². The van der Waals surface area contributed by atoms with Gasteiger partial charge in [-0.3, -0.25) is 0 Å². The van der Waals surface area contributed by atoms with Gasteiger partial charge in [-0.25, -0.2) is 0 Å². The van der Waals surface area contributed by atoms with Gasteiger partial charge in [-0.2, -0.15) is 0 Å². The van der Waals surface area contributed by atoms with Crippen molar-refractivity contribution in [2.75, 3.05) is 0 Å². The van der Waals surface area contributed by atoms with Gasteiger partial charge in [-0.1, -0.05) is 58.4 Å². The molecule has 1 fully saturated rings. The minimum Gasteiger partial charge on any atom is -0.0616 e. The van der Waals surface area contributed by atoms with Gasteiger partial charge in [-0.05, 0) is 69.8 Å². The number of hydrogen-bond acceptors (Lipinski definition) is 0. The van der Waals surface area contributed by atoms with Crippen LogP contribution in [0.3, 0.4) is 0 Å². The Balaban J connectivity index is 1.91. The highest BCUT2D eigenvalue weighted by atomic mass is 79.9. The average Bonchev–Trinajstić information content (AvgIpc) is 3.26. The zero-order valence-electron chi connectivity index (χ0n) is 11.7. The van der Waals surface area contributed by atoms with Crippen molar-refractivity contribution in [2.24, 2.45) is 5.92 Å². The molecule has 0 spiro atoms. The Hall–Kier alpha value is -1.60. The molecule has 102 valence electrons. The molecule has 21 heavy (non-hydrogen) atoms. The molecule has 0 aliphatic heterocycles. The molecule has 0 aromatic heterocycles. The van der Waals surface area contributed by atoms with Crippen molar-refractivity contribution in [2.45, 2.75) is 19.3 Å². The van der Waals surface area contributed by atoms with Gasteiger partial charge in [0.15, 0.2) is 0 Å². The first-order valence-electron chi connectivity index (χ1n) is 7.67. The van der Waals surface area contributed by atoms with E-state index in [0.717, 1.165) is 5.92 Å². The Kier molecular flexibility index (Phi) is 2.40. The highest BCUT2D eigenvalue weighted by Crippen LogP contribution is 2.51. The lowest BCUT2D eigenvalue weighted by Gasteiger charge is -2.10. The maximum Gasteiger partial charge on any atom is 0.0254 e. The summed E-state index contributed by atoms with van der Waals surface area (Å²) in [6, 6.07) is 18.0. The molecule has 0 nitrogen and oxygen atoms in total. The fourth-order valence-electron chi connectivity index (χ4n) is 3.73. The van der Waals surface area contributed by atoms with E-state index in [1.165, 1.54) is 62.3 Å². The van der Waals surface area contributed by atoms with Gasteiger partial charge in [0, 0.05) is 4.47 Å². The average molecular weight is 335 g/mol. The molecule has 0 bridgehead atoms. The third-order valence-electron chi connectivity index (χ3n) is 4.91. The number of benzene rings is 3. The first kappa shape index (κ1) is 12.0. The minimum absolute atomic E-state index is 0.919. The van der Waals surface area contributed by atoms with Crippen molar-refractivity contribution >= 4 is 26.7 Å². The summed E-state index contributed by atoms with van der Waals surface area (Å²) >= 11 is 3.73. The van der Waals surface area contributed by atoms with Gasteiger partial charge in [0.2, 0.25) is 0 Å². The molecular formula is C20H15Br. The first-order valence-corrected chi connectivity index (χ1v) is 8.46. The Bertz CT molecular complexity index is 888. The molecule has 0 radical (unpaired) electrons. The summed E-state index contributed by atoms with van der Waals surface area (Å²) in [5.74, 6) is 0.919. The van der Waals surface area contributed by atoms with Crippen LogP contribution in [0.15, 0.2) is 53.0 Å². The summed E-state index contributed by atoms with van der Waals surface area (Å²) < 4.78 is 1.20. The van der Waals surface area contributed by atoms with Crippen LogP contribution in [0.1, 0.15) is 18.4 Å². The molecule has 1 heteroatoms. The molecule has 2 aliphatic carbocycles. The third-order valence-corrected chi connectivity index (χ3v) is 5.60. The van der Waals surface area contributed by atoms with Gasteiger partial charge >= 0.3 is 0 Å². The predicted molar refractivity (Wildman–Crippen MR) is 92.5 cm³/mol. The van der Waals surface area contributed by atoms with E-state index in [1.807, 2.05) is 0 Å². The van der Waals surface area contributed by atoms with E-state index < -0.39 is 0 Å². The molecule has 2 aliphatic rings. The van der Waals surface area contributed by atoms with Crippen LogP contribution in [0.5, 0.6) is 0 Å². The summed E-state index contributed by atoms with van der Waals surface area (Å²) in [5.41, 5.74) is 7.25. The lowest BCUT2D eigenvalue weighted by atomic mass is 9.94. The van der Waals surface area contributed by atoms with E-state index in [-0.39, 0.29) is 0 Å². The van der Waals surface area contributed by atoms with Crippen molar-refractivity contribution in [3.63, 3.8) is 0 Å². The molecule has 3 aromatic carbocycles. The van der Waals surface area contributed by atoms with Crippen molar-refractivity contribution in [1.82, 2.24) is 0 Å². The second-order valence-corrected chi connectivity index (χ2v) is 7.16. The third kappa shape index (κ3) is 1.67. The molecule has 5 rings (SSSR count). The zero-order valence-corrected chi connectivity index (χ0v) is 13.3. The van der Waals surface area contributed by atoms with Crippen molar-refractivity contribution in [3.05, 3.63) is 58.6 Å². The standard InChI is InChI=1S/C20H15Br/c21-18-10-9-16-14-3-1-2-4-15(14)19-13(11-12-5-6-12)7-8-17(18)20(16)19/h1-4,7-10,12H,5-6,11H2. The van der Waals surface area contributed by atoms with E-state index in [2.05, 4.69) is 64.5 Å². The zero-order chi connectivity index (χ0) is 14.0. The summed E-state index contributed by atoms with van der Waals surface area (Å²) in [7, 11) is 0. The molecule has 1 saturated carbocycles. The smallest absolute Gasteiger partial charge is 0.0254 e. The van der Waals surface area contributed by atoms with Crippen molar-refractivity contribution < 1.29 is 0 Å². The second kappa shape index (κ2) is 4.20. The lowest BCUT2D eigenvalue weighted by molar-refractivity contribution is 0.835. The van der Waals surface area contributed by atoms with E-state index >= 15 is 0 Å². The fraction of sp³-hybridized carbons (Fsp3) is 0.200. The number of halogens is 1. The summed E-state index contributed by atoms with van der Waals surface area (Å²) in [6.45, 7) is 0. The SMILES string of the molecule is Brc1ccc2c3c(c(CC4CC4)ccc13)-c1ccccc1-2. The van der Waals surface area contributed by atoms with Gasteiger partial charge < -0.3 is 0 Å². The van der Waals surface area contributed by atoms with Crippen LogP contribution in [0.2, 0.25) is 0 Å². The molecule has 0 saturated heterocycles. The predicted octanol–water partition coefficient (Wildman–Crippen LogP) is 6.20. The minimum atomic E-state index is 0.919. The highest BCUT2D eigenvalue weighted by molar-refractivity contribution is 9.10. The maximum atomic E-state index is 3.73. The Morgan fingerprint density at radius 1 is 0.857 bits per heavy atom. The van der Waals surface area contributed by atoms with Crippen LogP contribution >= 0.6 is 15.9 Å². The van der Waals surface area contributed by atoms with Gasteiger partial charge in [0.05, 0.1) is 0 Å². The molecule has 3 aromatic rings. The Morgan fingerprint density at radius 2 is 1.67 bits per heavy atom. The summed E-state index contributed by atoms with van der Waals surface area (Å²) in [4.78, 5) is 0. The number of rotatable bonds is 2. The van der Waals surface area contributed by atoms with E-state index in [9.17, 15) is 0 Å². The quantitative estimate of drug-likeness (QED) is 0.409. The fourth-order valence-corrected chi connectivity index (χ4v) is 4.19. The topological polar surface area (TPSA) is 0 Å². The van der Waals surface area contributed by atoms with Crippen LogP contribution in [0.25, 0.3) is 33.0 Å². The van der Waals surface area contributed by atoms with Gasteiger partial charge in [-0.15, -0.1) is 0 Å². The molecule has 0 amide bonds. The number of fused-ring (bicyclic) bond motifs is 3. The van der Waals surface area contributed by atoms with Crippen LogP contribution in [-0.4, -0.2) is 0 Å². The van der Waals surface area contributed by atoms with Crippen molar-refractivity contribution in [3.8, 4) is 22.3 Å². The maximum absolute atomic E-state index is 3.73. The second-order valence-electron chi connectivity index (χ2n) is 6.31. The monoisotopic (exact) mass is 334 g/mol. The molecule has 0 N–H and O–H groups in total. The van der Waals surface area contributed by atoms with Gasteiger partial charge in [0.1, 0.15) is 0 Å². The molecular weight excluding hydrogens is 320 g/mol. The molecule has 0 heterocycles. The largest absolute Gasteiger partial charge is 0.0616 e. The van der Waals surface area contributed by atoms with Crippen LogP contribution in [0.4, 0.5) is 0 Å². The van der Waals surface area contributed by atoms with E-state index in [0.29, 0.717) is 0 Å². The molecule has 0 atom stereocenters. The van der Waals surface area contributed by atoms with Crippen LogP contribution in [0, 0.1) is 5.92 Å². The van der Waals surface area contributed by atoms with Gasteiger partial charge in [0.25, 0.3) is 0 Å². The highest BCUT2D eigenvalue weighted by Gasteiger charge is 2.28. The Labute approximate surface area is 132 Å². The van der Waals surface area contributed by atoms with E-state index in [4.69, 9.17) is 0 Å². The lowest BCUT2D eigenvalue weighted by Crippen LogP contribution is -1.91. The Morgan fingerprint density at radius 3 is 2.48 bits per heavy atom. The normalized spacial score (nSPS) is 15.5. The number of hydrogen-bond donors (Lipinski definition) is 0. The first-order chi connectivity index (χ1) is 10.3.